The van der Waals surface area contributed by atoms with Crippen molar-refractivity contribution < 1.29 is 22.7 Å². The van der Waals surface area contributed by atoms with E-state index in [4.69, 9.17) is 15.9 Å². The molecule has 4 N–H and O–H groups in total. The first-order valence-electron chi connectivity index (χ1n) is 12.3. The van der Waals surface area contributed by atoms with Gasteiger partial charge < -0.3 is 15.8 Å². The van der Waals surface area contributed by atoms with Crippen molar-refractivity contribution in [1.29, 1.82) is 5.41 Å². The summed E-state index contributed by atoms with van der Waals surface area (Å²) in [7, 11) is 1.61. The summed E-state index contributed by atoms with van der Waals surface area (Å²) in [5.41, 5.74) is 10.9. The monoisotopic (exact) mass is 529 g/mol. The van der Waals surface area contributed by atoms with Crippen molar-refractivity contribution in [3.8, 4) is 11.1 Å². The predicted molar refractivity (Wildman–Crippen MR) is 143 cm³/mol. The number of amidine groups is 1. The van der Waals surface area contributed by atoms with Crippen LogP contribution in [0.5, 0.6) is 0 Å². The van der Waals surface area contributed by atoms with Gasteiger partial charge in [0.15, 0.2) is 0 Å². The Morgan fingerprint density at radius 2 is 1.62 bits per heavy atom. The molecule has 1 aliphatic carbocycles. The van der Waals surface area contributed by atoms with Crippen LogP contribution in [-0.2, 0) is 11.3 Å². The van der Waals surface area contributed by atoms with Crippen molar-refractivity contribution >= 4 is 11.7 Å². The van der Waals surface area contributed by atoms with Crippen LogP contribution in [0.3, 0.4) is 0 Å². The predicted octanol–water partition coefficient (Wildman–Crippen LogP) is 6.19. The smallest absolute Gasteiger partial charge is 0.251 e. The van der Waals surface area contributed by atoms with Crippen LogP contribution in [0.1, 0.15) is 62.7 Å². The third-order valence-corrected chi connectivity index (χ3v) is 7.19. The van der Waals surface area contributed by atoms with E-state index in [2.05, 4.69) is 5.32 Å². The Morgan fingerprint density at radius 1 is 0.897 bits per heavy atom. The van der Waals surface area contributed by atoms with Crippen LogP contribution >= 0.6 is 0 Å². The fraction of sp³-hybridized carbons (Fsp3) is 0.161. The van der Waals surface area contributed by atoms with Gasteiger partial charge in [-0.2, -0.15) is 0 Å². The fourth-order valence-corrected chi connectivity index (χ4v) is 5.17. The maximum atomic E-state index is 14.5. The topological polar surface area (TPSA) is 88.2 Å². The number of ether oxygens (including phenoxy) is 1. The van der Waals surface area contributed by atoms with Gasteiger partial charge in [-0.1, -0.05) is 37.3 Å². The number of halogens is 3. The van der Waals surface area contributed by atoms with Gasteiger partial charge in [0.05, 0.1) is 5.56 Å². The Bertz CT molecular complexity index is 1620. The van der Waals surface area contributed by atoms with Crippen LogP contribution < -0.4 is 11.1 Å². The standard InChI is InChI=1S/C31H26F3N3O2/c1-16-25-12-18(21-10-6-20(32)14-28(21)34)4-8-22(25)29(39-2)23-9-5-19(13-26(16)23)31(38)37-15-17-3-7-24(30(35)36)27(33)11-17/h3-14,16,29H,15H2,1-2H3,(H3,35,36)(H,37,38)/t16-,29+/m1/s1. The largest absolute Gasteiger partial charge is 0.384 e. The highest BCUT2D eigenvalue weighted by atomic mass is 19.1. The summed E-state index contributed by atoms with van der Waals surface area (Å²) in [5.74, 6) is -2.73. The first-order valence-corrected chi connectivity index (χ1v) is 12.3. The summed E-state index contributed by atoms with van der Waals surface area (Å²) in [5, 5.41) is 10.2. The Labute approximate surface area is 223 Å². The van der Waals surface area contributed by atoms with Gasteiger partial charge in [-0.05, 0) is 69.8 Å². The van der Waals surface area contributed by atoms with Crippen LogP contribution in [0, 0.1) is 22.9 Å². The molecule has 2 atom stereocenters. The second-order valence-corrected chi connectivity index (χ2v) is 9.56. The highest BCUT2D eigenvalue weighted by molar-refractivity contribution is 5.95. The summed E-state index contributed by atoms with van der Waals surface area (Å²) in [6.07, 6.45) is -0.377. The Balaban J connectivity index is 1.43. The van der Waals surface area contributed by atoms with E-state index < -0.39 is 17.5 Å². The van der Waals surface area contributed by atoms with Crippen LogP contribution in [-0.4, -0.2) is 18.9 Å². The third kappa shape index (κ3) is 4.91. The van der Waals surface area contributed by atoms with E-state index in [1.165, 1.54) is 24.3 Å². The van der Waals surface area contributed by atoms with Gasteiger partial charge in [0.2, 0.25) is 0 Å². The minimum Gasteiger partial charge on any atom is -0.384 e. The molecule has 0 aliphatic heterocycles. The lowest BCUT2D eigenvalue weighted by Crippen LogP contribution is -2.24. The molecule has 5 nitrogen and oxygen atoms in total. The van der Waals surface area contributed by atoms with Crippen molar-refractivity contribution in [3.63, 3.8) is 0 Å². The lowest BCUT2D eigenvalue weighted by molar-refractivity contribution is 0.0950. The van der Waals surface area contributed by atoms with Crippen LogP contribution in [0.2, 0.25) is 0 Å². The number of nitrogens with two attached hydrogens (primary N) is 1. The van der Waals surface area contributed by atoms with Crippen LogP contribution in [0.15, 0.2) is 72.8 Å². The molecule has 0 bridgehead atoms. The number of nitrogen functional groups attached to an aromatic ring is 1. The molecule has 0 radical (unpaired) electrons. The summed E-state index contributed by atoms with van der Waals surface area (Å²) in [4.78, 5) is 13.0. The second-order valence-electron chi connectivity index (χ2n) is 9.56. The van der Waals surface area contributed by atoms with Gasteiger partial charge in [-0.3, -0.25) is 10.2 Å². The molecule has 0 saturated heterocycles. The molecule has 0 fully saturated rings. The average Bonchev–Trinajstić information content (AvgIpc) is 2.91. The minimum absolute atomic E-state index is 0.00653. The van der Waals surface area contributed by atoms with E-state index in [0.717, 1.165) is 28.3 Å². The Kier molecular flexibility index (Phi) is 6.97. The number of methoxy groups -OCH3 is 1. The summed E-state index contributed by atoms with van der Waals surface area (Å²) in [6, 6.07) is 18.8. The molecule has 4 aromatic rings. The van der Waals surface area contributed by atoms with Crippen molar-refractivity contribution in [1.82, 2.24) is 5.32 Å². The lowest BCUT2D eigenvalue weighted by atomic mass is 9.76. The molecule has 0 saturated carbocycles. The van der Waals surface area contributed by atoms with Gasteiger partial charge >= 0.3 is 0 Å². The number of amides is 1. The normalized spacial score (nSPS) is 15.8. The van der Waals surface area contributed by atoms with E-state index in [-0.39, 0.29) is 35.9 Å². The van der Waals surface area contributed by atoms with Gasteiger partial charge in [0.25, 0.3) is 5.91 Å². The number of carbonyl (C=O) groups is 1. The Hall–Kier alpha value is -4.43. The molecule has 0 heterocycles. The van der Waals surface area contributed by atoms with E-state index >= 15 is 0 Å². The molecule has 0 unspecified atom stereocenters. The molecular formula is C31H26F3N3O2. The lowest BCUT2D eigenvalue weighted by Gasteiger charge is -2.32. The number of hydrogen-bond donors (Lipinski definition) is 3. The van der Waals surface area contributed by atoms with E-state index in [1.54, 1.807) is 25.3 Å². The number of fused-ring (bicyclic) bond motifs is 2. The molecule has 5 rings (SSSR count). The molecule has 198 valence electrons. The molecule has 0 spiro atoms. The van der Waals surface area contributed by atoms with Crippen molar-refractivity contribution in [2.24, 2.45) is 5.73 Å². The summed E-state index contributed by atoms with van der Waals surface area (Å²) in [6.45, 7) is 2.10. The quantitative estimate of drug-likeness (QED) is 0.206. The van der Waals surface area contributed by atoms with E-state index in [1.807, 2.05) is 31.2 Å². The molecule has 1 amide bonds. The molecule has 8 heteroatoms. The second kappa shape index (κ2) is 10.4. The molecule has 4 aromatic carbocycles. The highest BCUT2D eigenvalue weighted by Crippen LogP contribution is 2.45. The summed E-state index contributed by atoms with van der Waals surface area (Å²) < 4.78 is 48.0. The van der Waals surface area contributed by atoms with Crippen molar-refractivity contribution in [2.45, 2.75) is 25.5 Å². The number of rotatable bonds is 6. The molecule has 1 aliphatic rings. The third-order valence-electron chi connectivity index (χ3n) is 7.19. The maximum Gasteiger partial charge on any atom is 0.251 e. The highest BCUT2D eigenvalue weighted by Gasteiger charge is 2.31. The Morgan fingerprint density at radius 3 is 2.28 bits per heavy atom. The zero-order valence-corrected chi connectivity index (χ0v) is 21.3. The van der Waals surface area contributed by atoms with Gasteiger partial charge in [0, 0.05) is 36.8 Å². The number of nitrogens with one attached hydrogen (secondary N) is 2. The SMILES string of the molecule is CO[C@@H]1c2ccc(C(=O)NCc3ccc(C(=N)N)c(F)c3)cc2[C@H](C)c2cc(-c3ccc(F)cc3F)ccc21. The van der Waals surface area contributed by atoms with Crippen LogP contribution in [0.25, 0.3) is 11.1 Å². The number of carbonyl (C=O) groups excluding carboxylic acids is 1. The molecule has 0 aromatic heterocycles. The van der Waals surface area contributed by atoms with Gasteiger partial charge in [0.1, 0.15) is 29.4 Å². The first-order chi connectivity index (χ1) is 18.7. The average molecular weight is 530 g/mol. The minimum atomic E-state index is -0.642. The van der Waals surface area contributed by atoms with Crippen LogP contribution in [0.4, 0.5) is 13.2 Å². The summed E-state index contributed by atoms with van der Waals surface area (Å²) >= 11 is 0. The van der Waals surface area contributed by atoms with Crippen molar-refractivity contribution in [2.75, 3.05) is 7.11 Å². The maximum absolute atomic E-state index is 14.5. The van der Waals surface area contributed by atoms with E-state index in [0.29, 0.717) is 22.3 Å². The fourth-order valence-electron chi connectivity index (χ4n) is 5.17. The molecular weight excluding hydrogens is 503 g/mol. The first kappa shape index (κ1) is 26.2. The number of hydrogen-bond acceptors (Lipinski definition) is 3. The zero-order valence-electron chi connectivity index (χ0n) is 21.3. The molecule has 39 heavy (non-hydrogen) atoms. The zero-order chi connectivity index (χ0) is 27.8. The van der Waals surface area contributed by atoms with Crippen molar-refractivity contribution in [3.05, 3.63) is 129 Å². The number of benzene rings is 4. The van der Waals surface area contributed by atoms with Gasteiger partial charge in [-0.15, -0.1) is 0 Å². The van der Waals surface area contributed by atoms with E-state index in [9.17, 15) is 18.0 Å². The van der Waals surface area contributed by atoms with Gasteiger partial charge in [-0.25, -0.2) is 13.2 Å².